The third kappa shape index (κ3) is 6.49. The molecular weight excluding hydrogens is 486 g/mol. The minimum absolute atomic E-state index is 0. The second kappa shape index (κ2) is 11.9. The summed E-state index contributed by atoms with van der Waals surface area (Å²) < 4.78 is 18.9. The predicted octanol–water partition coefficient (Wildman–Crippen LogP) is 2.67. The molecule has 9 heteroatoms. The number of rotatable bonds is 6. The lowest BCUT2D eigenvalue weighted by Crippen LogP contribution is -2.52. The number of aromatic nitrogens is 2. The van der Waals surface area contributed by atoms with E-state index in [-0.39, 0.29) is 36.4 Å². The molecular formula is C20H28FIN6O. The van der Waals surface area contributed by atoms with Crippen molar-refractivity contribution in [1.29, 1.82) is 0 Å². The molecule has 0 unspecified atom stereocenters. The Morgan fingerprint density at radius 2 is 1.93 bits per heavy atom. The van der Waals surface area contributed by atoms with Crippen molar-refractivity contribution < 1.29 is 9.13 Å². The first-order chi connectivity index (χ1) is 13.7. The van der Waals surface area contributed by atoms with Crippen LogP contribution >= 0.6 is 24.0 Å². The van der Waals surface area contributed by atoms with Gasteiger partial charge in [-0.1, -0.05) is 6.07 Å². The molecule has 7 nitrogen and oxygen atoms in total. The Kier molecular flexibility index (Phi) is 9.52. The molecule has 1 aliphatic heterocycles. The number of nitrogens with one attached hydrogen (secondary N) is 1. The predicted molar refractivity (Wildman–Crippen MR) is 123 cm³/mol. The van der Waals surface area contributed by atoms with E-state index in [0.29, 0.717) is 12.1 Å². The Hall–Kier alpha value is -2.01. The van der Waals surface area contributed by atoms with Gasteiger partial charge in [0.15, 0.2) is 5.96 Å². The minimum Gasteiger partial charge on any atom is -0.380 e. The SMILES string of the molecule is CCNC(=NCc1ccc(F)c(COC)c1)N1CCN(c2ncccn2)CC1.I. The fourth-order valence-electron chi connectivity index (χ4n) is 3.16. The molecule has 0 radical (unpaired) electrons. The minimum atomic E-state index is -0.249. The number of methoxy groups -OCH3 is 1. The highest BCUT2D eigenvalue weighted by Gasteiger charge is 2.21. The topological polar surface area (TPSA) is 65.9 Å². The summed E-state index contributed by atoms with van der Waals surface area (Å²) in [6, 6.07) is 6.89. The van der Waals surface area contributed by atoms with Crippen LogP contribution in [0.25, 0.3) is 0 Å². The van der Waals surface area contributed by atoms with Crippen molar-refractivity contribution >= 4 is 35.9 Å². The number of hydrogen-bond donors (Lipinski definition) is 1. The number of ether oxygens (including phenoxy) is 1. The molecule has 1 fully saturated rings. The van der Waals surface area contributed by atoms with Gasteiger partial charge in [0.2, 0.25) is 5.95 Å². The van der Waals surface area contributed by atoms with Crippen LogP contribution in [-0.2, 0) is 17.9 Å². The van der Waals surface area contributed by atoms with Gasteiger partial charge in [0, 0.05) is 57.8 Å². The lowest BCUT2D eigenvalue weighted by atomic mass is 10.1. The molecule has 29 heavy (non-hydrogen) atoms. The van der Waals surface area contributed by atoms with E-state index in [1.165, 1.54) is 6.07 Å². The van der Waals surface area contributed by atoms with Crippen molar-refractivity contribution in [3.63, 3.8) is 0 Å². The molecule has 1 N–H and O–H groups in total. The molecule has 1 saturated heterocycles. The number of nitrogens with zero attached hydrogens (tertiary/aromatic N) is 5. The summed E-state index contributed by atoms with van der Waals surface area (Å²) >= 11 is 0. The van der Waals surface area contributed by atoms with Gasteiger partial charge < -0.3 is 19.9 Å². The maximum absolute atomic E-state index is 13.8. The van der Waals surface area contributed by atoms with E-state index in [9.17, 15) is 4.39 Å². The monoisotopic (exact) mass is 514 g/mol. The molecule has 1 aromatic carbocycles. The van der Waals surface area contributed by atoms with Gasteiger partial charge in [-0.3, -0.25) is 0 Å². The molecule has 0 amide bonds. The van der Waals surface area contributed by atoms with E-state index >= 15 is 0 Å². The summed E-state index contributed by atoms with van der Waals surface area (Å²) in [5.41, 5.74) is 1.51. The number of anilines is 1. The van der Waals surface area contributed by atoms with Crippen molar-refractivity contribution in [3.8, 4) is 0 Å². The van der Waals surface area contributed by atoms with E-state index in [2.05, 4.69) is 32.0 Å². The van der Waals surface area contributed by atoms with Crippen LogP contribution < -0.4 is 10.2 Å². The number of halogens is 2. The summed E-state index contributed by atoms with van der Waals surface area (Å²) in [4.78, 5) is 17.8. The smallest absolute Gasteiger partial charge is 0.225 e. The van der Waals surface area contributed by atoms with E-state index < -0.39 is 0 Å². The normalized spacial score (nSPS) is 14.5. The molecule has 158 valence electrons. The van der Waals surface area contributed by atoms with Crippen LogP contribution in [-0.4, -0.2) is 60.7 Å². The molecule has 0 spiro atoms. The Bertz CT molecular complexity index is 784. The van der Waals surface area contributed by atoms with Gasteiger partial charge in [-0.25, -0.2) is 19.4 Å². The molecule has 0 bridgehead atoms. The number of guanidine groups is 1. The van der Waals surface area contributed by atoms with Crippen molar-refractivity contribution in [3.05, 3.63) is 53.6 Å². The number of hydrogen-bond acceptors (Lipinski definition) is 5. The lowest BCUT2D eigenvalue weighted by molar-refractivity contribution is 0.181. The molecule has 0 saturated carbocycles. The Labute approximate surface area is 188 Å². The van der Waals surface area contributed by atoms with E-state index in [1.807, 2.05) is 12.1 Å². The average molecular weight is 514 g/mol. The van der Waals surface area contributed by atoms with Crippen LogP contribution in [0.1, 0.15) is 18.1 Å². The molecule has 2 heterocycles. The van der Waals surface area contributed by atoms with E-state index in [1.54, 1.807) is 25.6 Å². The van der Waals surface area contributed by atoms with Gasteiger partial charge in [-0.2, -0.15) is 0 Å². The number of aliphatic imine (C=N–C) groups is 1. The van der Waals surface area contributed by atoms with Gasteiger partial charge in [-0.05, 0) is 30.7 Å². The summed E-state index contributed by atoms with van der Waals surface area (Å²) in [5.74, 6) is 1.38. The fourth-order valence-corrected chi connectivity index (χ4v) is 3.16. The van der Waals surface area contributed by atoms with Crippen LogP contribution in [0.4, 0.5) is 10.3 Å². The molecule has 1 aromatic heterocycles. The van der Waals surface area contributed by atoms with Crippen molar-refractivity contribution in [2.45, 2.75) is 20.1 Å². The Morgan fingerprint density at radius 1 is 1.21 bits per heavy atom. The lowest BCUT2D eigenvalue weighted by Gasteiger charge is -2.36. The van der Waals surface area contributed by atoms with Crippen LogP contribution in [0.2, 0.25) is 0 Å². The van der Waals surface area contributed by atoms with Crippen LogP contribution in [0.3, 0.4) is 0 Å². The first-order valence-corrected chi connectivity index (χ1v) is 9.52. The highest BCUT2D eigenvalue weighted by Crippen LogP contribution is 2.14. The van der Waals surface area contributed by atoms with Crippen molar-refractivity contribution in [2.75, 3.05) is 44.7 Å². The molecule has 1 aliphatic rings. The maximum Gasteiger partial charge on any atom is 0.225 e. The van der Waals surface area contributed by atoms with E-state index in [4.69, 9.17) is 9.73 Å². The first kappa shape index (κ1) is 23.3. The highest BCUT2D eigenvalue weighted by molar-refractivity contribution is 14.0. The second-order valence-corrected chi connectivity index (χ2v) is 6.55. The maximum atomic E-state index is 13.8. The number of benzene rings is 1. The third-order valence-corrected chi connectivity index (χ3v) is 4.57. The van der Waals surface area contributed by atoms with Gasteiger partial charge >= 0.3 is 0 Å². The Morgan fingerprint density at radius 3 is 2.59 bits per heavy atom. The molecule has 2 aromatic rings. The van der Waals surface area contributed by atoms with Gasteiger partial charge in [0.1, 0.15) is 5.82 Å². The largest absolute Gasteiger partial charge is 0.380 e. The molecule has 0 atom stereocenters. The van der Waals surface area contributed by atoms with Crippen LogP contribution in [0, 0.1) is 5.82 Å². The zero-order valence-electron chi connectivity index (χ0n) is 16.8. The highest BCUT2D eigenvalue weighted by atomic mass is 127. The summed E-state index contributed by atoms with van der Waals surface area (Å²) in [6.07, 6.45) is 3.53. The quantitative estimate of drug-likeness (QED) is 0.364. The van der Waals surface area contributed by atoms with Gasteiger partial charge in [-0.15, -0.1) is 24.0 Å². The summed E-state index contributed by atoms with van der Waals surface area (Å²) in [6.45, 7) is 6.93. The van der Waals surface area contributed by atoms with Crippen LogP contribution in [0.5, 0.6) is 0 Å². The van der Waals surface area contributed by atoms with Crippen molar-refractivity contribution in [1.82, 2.24) is 20.2 Å². The van der Waals surface area contributed by atoms with Gasteiger partial charge in [0.05, 0.1) is 13.2 Å². The summed E-state index contributed by atoms with van der Waals surface area (Å²) in [7, 11) is 1.56. The Balaban J connectivity index is 0.00000300. The van der Waals surface area contributed by atoms with E-state index in [0.717, 1.165) is 50.2 Å². The summed E-state index contributed by atoms with van der Waals surface area (Å²) in [5, 5.41) is 3.36. The molecule has 3 rings (SSSR count). The van der Waals surface area contributed by atoms with Gasteiger partial charge in [0.25, 0.3) is 0 Å². The standard InChI is InChI=1S/C20H27FN6O.HI/c1-3-22-19(25-14-16-5-6-18(21)17(13-16)15-28-2)26-9-11-27(12-10-26)20-23-7-4-8-24-20;/h4-8,13H,3,9-12,14-15H2,1-2H3,(H,22,25);1H. The first-order valence-electron chi connectivity index (χ1n) is 9.52. The number of piperazine rings is 1. The van der Waals surface area contributed by atoms with Crippen molar-refractivity contribution in [2.24, 2.45) is 4.99 Å². The zero-order valence-corrected chi connectivity index (χ0v) is 19.2. The second-order valence-electron chi connectivity index (χ2n) is 6.55. The average Bonchev–Trinajstić information content (AvgIpc) is 2.74. The van der Waals surface area contributed by atoms with Crippen LogP contribution in [0.15, 0.2) is 41.7 Å². The fraction of sp³-hybridized carbons (Fsp3) is 0.450. The third-order valence-electron chi connectivity index (χ3n) is 4.57. The molecule has 0 aliphatic carbocycles. The zero-order chi connectivity index (χ0) is 19.8.